The lowest BCUT2D eigenvalue weighted by Crippen LogP contribution is -2.39. The van der Waals surface area contributed by atoms with Gasteiger partial charge in [-0.15, -0.1) is 0 Å². The first-order chi connectivity index (χ1) is 11.3. The smallest absolute Gasteiger partial charge is 0.228 e. The highest BCUT2D eigenvalue weighted by Gasteiger charge is 2.27. The van der Waals surface area contributed by atoms with E-state index in [0.717, 1.165) is 25.1 Å². The van der Waals surface area contributed by atoms with Crippen LogP contribution in [-0.2, 0) is 4.79 Å². The minimum absolute atomic E-state index is 0.180. The SMILES string of the molecule is CCC(=O)N1CCCC(c2nccnc2Nc2ncccn2)C1. The molecule has 7 nitrogen and oxygen atoms in total. The van der Waals surface area contributed by atoms with E-state index in [1.54, 1.807) is 30.9 Å². The first-order valence-corrected chi connectivity index (χ1v) is 7.90. The number of hydrogen-bond donors (Lipinski definition) is 1. The maximum absolute atomic E-state index is 12.0. The quantitative estimate of drug-likeness (QED) is 0.931. The molecule has 1 unspecified atom stereocenters. The van der Waals surface area contributed by atoms with Crippen molar-refractivity contribution in [3.05, 3.63) is 36.5 Å². The Hall–Kier alpha value is -2.57. The van der Waals surface area contributed by atoms with Gasteiger partial charge in [0.25, 0.3) is 0 Å². The fraction of sp³-hybridized carbons (Fsp3) is 0.438. The van der Waals surface area contributed by atoms with Gasteiger partial charge in [0.05, 0.1) is 5.69 Å². The van der Waals surface area contributed by atoms with E-state index < -0.39 is 0 Å². The lowest BCUT2D eigenvalue weighted by atomic mass is 9.94. The molecule has 120 valence electrons. The summed E-state index contributed by atoms with van der Waals surface area (Å²) in [7, 11) is 0. The van der Waals surface area contributed by atoms with E-state index in [0.29, 0.717) is 24.7 Å². The van der Waals surface area contributed by atoms with E-state index in [2.05, 4.69) is 25.3 Å². The molecular formula is C16H20N6O. The van der Waals surface area contributed by atoms with Gasteiger partial charge in [-0.05, 0) is 18.9 Å². The molecule has 1 fully saturated rings. The second-order valence-corrected chi connectivity index (χ2v) is 5.52. The van der Waals surface area contributed by atoms with Crippen LogP contribution < -0.4 is 5.32 Å². The van der Waals surface area contributed by atoms with Gasteiger partial charge < -0.3 is 10.2 Å². The van der Waals surface area contributed by atoms with Crippen LogP contribution in [0.3, 0.4) is 0 Å². The number of aromatic nitrogens is 4. The summed E-state index contributed by atoms with van der Waals surface area (Å²) in [5.41, 5.74) is 0.869. The summed E-state index contributed by atoms with van der Waals surface area (Å²) in [6.45, 7) is 3.41. The molecule has 2 aromatic rings. The van der Waals surface area contributed by atoms with Crippen LogP contribution in [-0.4, -0.2) is 43.8 Å². The van der Waals surface area contributed by atoms with Crippen molar-refractivity contribution in [3.8, 4) is 0 Å². The number of carbonyl (C=O) groups excluding carboxylic acids is 1. The molecule has 3 heterocycles. The van der Waals surface area contributed by atoms with Gasteiger partial charge in [-0.1, -0.05) is 6.92 Å². The predicted octanol–water partition coefficient (Wildman–Crippen LogP) is 2.13. The molecule has 7 heteroatoms. The lowest BCUT2D eigenvalue weighted by Gasteiger charge is -2.32. The molecule has 2 aromatic heterocycles. The minimum atomic E-state index is 0.180. The van der Waals surface area contributed by atoms with Gasteiger partial charge >= 0.3 is 0 Å². The van der Waals surface area contributed by atoms with E-state index in [1.165, 1.54) is 0 Å². The van der Waals surface area contributed by atoms with E-state index in [9.17, 15) is 4.79 Å². The van der Waals surface area contributed by atoms with E-state index in [1.807, 2.05) is 11.8 Å². The zero-order chi connectivity index (χ0) is 16.1. The molecule has 0 bridgehead atoms. The summed E-state index contributed by atoms with van der Waals surface area (Å²) < 4.78 is 0. The number of nitrogens with zero attached hydrogens (tertiary/aromatic N) is 5. The third-order valence-corrected chi connectivity index (χ3v) is 3.99. The van der Waals surface area contributed by atoms with Gasteiger partial charge in [-0.3, -0.25) is 9.78 Å². The molecule has 0 spiro atoms. The van der Waals surface area contributed by atoms with Crippen LogP contribution in [0.4, 0.5) is 11.8 Å². The van der Waals surface area contributed by atoms with Crippen LogP contribution in [0.25, 0.3) is 0 Å². The zero-order valence-electron chi connectivity index (χ0n) is 13.1. The van der Waals surface area contributed by atoms with Crippen molar-refractivity contribution in [2.75, 3.05) is 18.4 Å². The summed E-state index contributed by atoms with van der Waals surface area (Å²) in [4.78, 5) is 31.1. The molecule has 0 saturated carbocycles. The Balaban J connectivity index is 1.81. The van der Waals surface area contributed by atoms with Gasteiger partial charge in [0.15, 0.2) is 5.82 Å². The van der Waals surface area contributed by atoms with E-state index >= 15 is 0 Å². The van der Waals surface area contributed by atoms with Crippen molar-refractivity contribution in [1.29, 1.82) is 0 Å². The number of hydrogen-bond acceptors (Lipinski definition) is 6. The monoisotopic (exact) mass is 312 g/mol. The van der Waals surface area contributed by atoms with Crippen molar-refractivity contribution < 1.29 is 4.79 Å². The maximum atomic E-state index is 12.0. The number of carbonyl (C=O) groups is 1. The molecule has 1 aliphatic rings. The molecule has 0 aromatic carbocycles. The fourth-order valence-corrected chi connectivity index (χ4v) is 2.86. The minimum Gasteiger partial charge on any atom is -0.342 e. The maximum Gasteiger partial charge on any atom is 0.228 e. The highest BCUT2D eigenvalue weighted by Crippen LogP contribution is 2.30. The van der Waals surface area contributed by atoms with Crippen molar-refractivity contribution in [1.82, 2.24) is 24.8 Å². The van der Waals surface area contributed by atoms with Crippen LogP contribution in [0.1, 0.15) is 37.8 Å². The average molecular weight is 312 g/mol. The van der Waals surface area contributed by atoms with Crippen LogP contribution >= 0.6 is 0 Å². The molecule has 1 atom stereocenters. The third kappa shape index (κ3) is 3.61. The number of anilines is 2. The van der Waals surface area contributed by atoms with Gasteiger partial charge in [-0.25, -0.2) is 15.0 Å². The number of piperidine rings is 1. The molecule has 1 saturated heterocycles. The molecule has 1 amide bonds. The first kappa shape index (κ1) is 15.3. The van der Waals surface area contributed by atoms with Gasteiger partial charge in [0, 0.05) is 50.2 Å². The molecular weight excluding hydrogens is 292 g/mol. The molecule has 0 aliphatic carbocycles. The average Bonchev–Trinajstić information content (AvgIpc) is 2.62. The van der Waals surface area contributed by atoms with Gasteiger partial charge in [0.1, 0.15) is 0 Å². The molecule has 1 N–H and O–H groups in total. The summed E-state index contributed by atoms with van der Waals surface area (Å²) in [6.07, 6.45) is 9.20. The zero-order valence-corrected chi connectivity index (χ0v) is 13.1. The number of likely N-dealkylation sites (tertiary alicyclic amines) is 1. The molecule has 1 aliphatic heterocycles. The summed E-state index contributed by atoms with van der Waals surface area (Å²) in [5.74, 6) is 1.53. The van der Waals surface area contributed by atoms with Crippen molar-refractivity contribution in [2.24, 2.45) is 0 Å². The number of rotatable bonds is 4. The summed E-state index contributed by atoms with van der Waals surface area (Å²) in [6, 6.07) is 1.76. The predicted molar refractivity (Wildman–Crippen MR) is 86.2 cm³/mol. The second-order valence-electron chi connectivity index (χ2n) is 5.52. The Labute approximate surface area is 135 Å². The number of nitrogens with one attached hydrogen (secondary N) is 1. The molecule has 3 rings (SSSR count). The normalized spacial score (nSPS) is 17.8. The molecule has 23 heavy (non-hydrogen) atoms. The Kier molecular flexibility index (Phi) is 4.75. The van der Waals surface area contributed by atoms with E-state index in [-0.39, 0.29) is 11.8 Å². The highest BCUT2D eigenvalue weighted by molar-refractivity contribution is 5.76. The Morgan fingerprint density at radius 3 is 2.78 bits per heavy atom. The van der Waals surface area contributed by atoms with Crippen molar-refractivity contribution >= 4 is 17.7 Å². The Morgan fingerprint density at radius 1 is 1.22 bits per heavy atom. The second kappa shape index (κ2) is 7.13. The lowest BCUT2D eigenvalue weighted by molar-refractivity contribution is -0.132. The highest BCUT2D eigenvalue weighted by atomic mass is 16.2. The van der Waals surface area contributed by atoms with E-state index in [4.69, 9.17) is 0 Å². The van der Waals surface area contributed by atoms with Crippen LogP contribution in [0.15, 0.2) is 30.9 Å². The topological polar surface area (TPSA) is 83.9 Å². The van der Waals surface area contributed by atoms with Crippen molar-refractivity contribution in [2.45, 2.75) is 32.1 Å². The van der Waals surface area contributed by atoms with Crippen molar-refractivity contribution in [3.63, 3.8) is 0 Å². The van der Waals surface area contributed by atoms with Crippen LogP contribution in [0.5, 0.6) is 0 Å². The summed E-state index contributed by atoms with van der Waals surface area (Å²) >= 11 is 0. The van der Waals surface area contributed by atoms with Gasteiger partial charge in [-0.2, -0.15) is 0 Å². The summed E-state index contributed by atoms with van der Waals surface area (Å²) in [5, 5.41) is 3.13. The fourth-order valence-electron chi connectivity index (χ4n) is 2.86. The third-order valence-electron chi connectivity index (χ3n) is 3.99. The molecule has 0 radical (unpaired) electrons. The standard InChI is InChI=1S/C16H20N6O/c1-2-13(23)22-10-3-5-12(11-22)14-15(18-9-8-17-14)21-16-19-6-4-7-20-16/h4,6-9,12H,2-3,5,10-11H2,1H3,(H,18,19,20,21). The Morgan fingerprint density at radius 2 is 2.00 bits per heavy atom. The number of amides is 1. The largest absolute Gasteiger partial charge is 0.342 e. The van der Waals surface area contributed by atoms with Crippen LogP contribution in [0.2, 0.25) is 0 Å². The Bertz CT molecular complexity index is 663. The van der Waals surface area contributed by atoms with Crippen LogP contribution in [0, 0.1) is 0 Å². The van der Waals surface area contributed by atoms with Gasteiger partial charge in [0.2, 0.25) is 11.9 Å². The first-order valence-electron chi connectivity index (χ1n) is 7.90.